The molecule has 0 saturated carbocycles. The van der Waals surface area contributed by atoms with E-state index in [0.717, 1.165) is 11.8 Å². The summed E-state index contributed by atoms with van der Waals surface area (Å²) in [6.45, 7) is 1.68. The second-order valence-electron chi connectivity index (χ2n) is 5.03. The van der Waals surface area contributed by atoms with Crippen LogP contribution in [0.3, 0.4) is 0 Å². The zero-order chi connectivity index (χ0) is 19.1. The molecule has 0 aliphatic heterocycles. The molecule has 1 aromatic heterocycles. The Morgan fingerprint density at radius 3 is 2.92 bits per heavy atom. The molecule has 0 fully saturated rings. The van der Waals surface area contributed by atoms with Gasteiger partial charge >= 0.3 is 0 Å². The number of nitrogens with zero attached hydrogens (tertiary/aromatic N) is 3. The van der Waals surface area contributed by atoms with Crippen LogP contribution in [0.1, 0.15) is 12.6 Å². The molecular weight excluding hydrogens is 433 g/mol. The van der Waals surface area contributed by atoms with Gasteiger partial charge in [0.05, 0.1) is 22.0 Å². The van der Waals surface area contributed by atoms with Crippen LogP contribution in [0.4, 0.5) is 10.1 Å². The zero-order valence-electron chi connectivity index (χ0n) is 13.4. The van der Waals surface area contributed by atoms with E-state index in [0.29, 0.717) is 5.69 Å². The van der Waals surface area contributed by atoms with Crippen molar-refractivity contribution in [3.05, 3.63) is 34.2 Å². The highest BCUT2D eigenvalue weighted by molar-refractivity contribution is 9.10. The van der Waals surface area contributed by atoms with Gasteiger partial charge in [0, 0.05) is 6.54 Å². The van der Waals surface area contributed by atoms with E-state index in [-0.39, 0.29) is 39.2 Å². The van der Waals surface area contributed by atoms with Gasteiger partial charge in [0.1, 0.15) is 5.82 Å². The van der Waals surface area contributed by atoms with E-state index >= 15 is 0 Å². The fourth-order valence-electron chi connectivity index (χ4n) is 1.68. The Morgan fingerprint density at radius 2 is 2.27 bits per heavy atom. The molecule has 1 atom stereocenters. The van der Waals surface area contributed by atoms with Crippen molar-refractivity contribution in [2.75, 3.05) is 12.3 Å². The minimum absolute atomic E-state index is 0.00522. The van der Waals surface area contributed by atoms with Crippen molar-refractivity contribution in [3.63, 3.8) is 0 Å². The van der Waals surface area contributed by atoms with Crippen LogP contribution in [0.5, 0.6) is 0 Å². The third kappa shape index (κ3) is 5.76. The first kappa shape index (κ1) is 20.3. The summed E-state index contributed by atoms with van der Waals surface area (Å²) in [5.41, 5.74) is 2.31. The van der Waals surface area contributed by atoms with Gasteiger partial charge in [0.25, 0.3) is 0 Å². The van der Waals surface area contributed by atoms with Gasteiger partial charge in [-0.15, -0.1) is 0 Å². The number of hydrogen-bond acceptors (Lipinski definition) is 8. The van der Waals surface area contributed by atoms with E-state index in [2.05, 4.69) is 41.2 Å². The fraction of sp³-hybridized carbons (Fsp3) is 0.286. The van der Waals surface area contributed by atoms with Crippen molar-refractivity contribution in [2.24, 2.45) is 4.99 Å². The highest BCUT2D eigenvalue weighted by Crippen LogP contribution is 2.24. The van der Waals surface area contributed by atoms with Gasteiger partial charge in [-0.05, 0) is 51.4 Å². The Labute approximate surface area is 160 Å². The lowest BCUT2D eigenvalue weighted by Crippen LogP contribution is -2.31. The smallest absolute Gasteiger partial charge is 0.230 e. The van der Waals surface area contributed by atoms with E-state index in [4.69, 9.17) is 5.11 Å². The Hall–Kier alpha value is -2.02. The number of amidine groups is 1. The average molecular weight is 448 g/mol. The van der Waals surface area contributed by atoms with Gasteiger partial charge in [-0.1, -0.05) is 11.8 Å². The molecule has 1 aromatic carbocycles. The maximum absolute atomic E-state index is 13.3. The van der Waals surface area contributed by atoms with Gasteiger partial charge in [0.15, 0.2) is 16.6 Å². The molecule has 1 amide bonds. The summed E-state index contributed by atoms with van der Waals surface area (Å²) in [6, 6.07) is 4.03. The lowest BCUT2D eigenvalue weighted by Gasteiger charge is -2.06. The maximum Gasteiger partial charge on any atom is 0.230 e. The molecule has 26 heavy (non-hydrogen) atoms. The molecule has 12 heteroatoms. The Bertz CT molecular complexity index is 801. The predicted octanol–water partition coefficient (Wildman–Crippen LogP) is 1.62. The number of carbonyl (C=O) groups is 1. The summed E-state index contributed by atoms with van der Waals surface area (Å²) in [5, 5.41) is 28.6. The number of benzene rings is 1. The van der Waals surface area contributed by atoms with Gasteiger partial charge in [-0.2, -0.15) is 0 Å². The van der Waals surface area contributed by atoms with Crippen molar-refractivity contribution >= 4 is 45.1 Å². The van der Waals surface area contributed by atoms with Crippen LogP contribution in [0.15, 0.2) is 37.3 Å². The highest BCUT2D eigenvalue weighted by atomic mass is 79.9. The molecule has 1 unspecified atom stereocenters. The molecule has 1 heterocycles. The van der Waals surface area contributed by atoms with Crippen molar-refractivity contribution < 1.29 is 24.1 Å². The molecule has 2 rings (SSSR count). The third-order valence-electron chi connectivity index (χ3n) is 2.87. The first-order chi connectivity index (χ1) is 12.4. The van der Waals surface area contributed by atoms with Crippen molar-refractivity contribution in [2.45, 2.75) is 18.1 Å². The molecule has 2 aromatic rings. The van der Waals surface area contributed by atoms with E-state index in [1.165, 1.54) is 18.2 Å². The van der Waals surface area contributed by atoms with Crippen LogP contribution < -0.4 is 10.8 Å². The van der Waals surface area contributed by atoms with E-state index in [1.807, 2.05) is 5.48 Å². The van der Waals surface area contributed by atoms with Crippen LogP contribution >= 0.6 is 27.7 Å². The lowest BCUT2D eigenvalue weighted by molar-refractivity contribution is -0.118. The number of aliphatic imine (C=N–C) groups is 1. The predicted molar refractivity (Wildman–Crippen MR) is 94.9 cm³/mol. The van der Waals surface area contributed by atoms with Gasteiger partial charge in [-0.25, -0.2) is 14.0 Å². The SMILES string of the molecule is CC(O)CNC(=O)CSc1nonc1C(=Nc1ccc(F)c(Br)c1)NO. The summed E-state index contributed by atoms with van der Waals surface area (Å²) in [6.07, 6.45) is -0.652. The number of hydrogen-bond donors (Lipinski definition) is 4. The third-order valence-corrected chi connectivity index (χ3v) is 4.42. The summed E-state index contributed by atoms with van der Waals surface area (Å²) >= 11 is 4.06. The monoisotopic (exact) mass is 447 g/mol. The van der Waals surface area contributed by atoms with Crippen LogP contribution in [-0.4, -0.2) is 50.8 Å². The second-order valence-corrected chi connectivity index (χ2v) is 6.85. The van der Waals surface area contributed by atoms with E-state index in [9.17, 15) is 14.4 Å². The molecule has 0 spiro atoms. The van der Waals surface area contributed by atoms with Crippen LogP contribution in [0.25, 0.3) is 0 Å². The number of aliphatic hydroxyl groups is 1. The quantitative estimate of drug-likeness (QED) is 0.217. The zero-order valence-corrected chi connectivity index (χ0v) is 15.8. The summed E-state index contributed by atoms with van der Waals surface area (Å²) in [5.74, 6) is -0.862. The number of hydroxylamine groups is 1. The first-order valence-corrected chi connectivity index (χ1v) is 9.03. The number of rotatable bonds is 7. The largest absolute Gasteiger partial charge is 0.392 e. The number of amides is 1. The standard InChI is InChI=1S/C14H15BrFN5O4S/c1-7(22)5-17-11(23)6-26-14-12(20-25-21-14)13(19-24)18-8-2-3-10(16)9(15)4-8/h2-4,7,22,24H,5-6H2,1H3,(H,17,23)(H,18,19). The normalized spacial score (nSPS) is 12.7. The molecule has 0 bridgehead atoms. The minimum Gasteiger partial charge on any atom is -0.392 e. The number of aliphatic hydroxyl groups excluding tert-OH is 1. The fourth-order valence-corrected chi connectivity index (χ4v) is 2.77. The molecule has 9 nitrogen and oxygen atoms in total. The van der Waals surface area contributed by atoms with E-state index in [1.54, 1.807) is 6.92 Å². The molecule has 0 saturated heterocycles. The second kappa shape index (κ2) is 9.62. The Morgan fingerprint density at radius 1 is 1.50 bits per heavy atom. The topological polar surface area (TPSA) is 133 Å². The highest BCUT2D eigenvalue weighted by Gasteiger charge is 2.18. The maximum atomic E-state index is 13.3. The van der Waals surface area contributed by atoms with Crippen molar-refractivity contribution in [3.8, 4) is 0 Å². The van der Waals surface area contributed by atoms with Gasteiger partial charge < -0.3 is 10.4 Å². The molecule has 4 N–H and O–H groups in total. The number of carbonyl (C=O) groups excluding carboxylic acids is 1. The Balaban J connectivity index is 2.12. The molecule has 0 aliphatic carbocycles. The van der Waals surface area contributed by atoms with Gasteiger partial charge in [0.2, 0.25) is 5.91 Å². The summed E-state index contributed by atoms with van der Waals surface area (Å²) in [7, 11) is 0. The number of thioether (sulfide) groups is 1. The van der Waals surface area contributed by atoms with Crippen LogP contribution in [0, 0.1) is 5.82 Å². The van der Waals surface area contributed by atoms with Crippen LogP contribution in [-0.2, 0) is 4.79 Å². The van der Waals surface area contributed by atoms with Crippen LogP contribution in [0.2, 0.25) is 0 Å². The molecular formula is C14H15BrFN5O4S. The summed E-state index contributed by atoms with van der Waals surface area (Å²) in [4.78, 5) is 15.8. The average Bonchev–Trinajstić information content (AvgIpc) is 3.07. The molecule has 140 valence electrons. The Kier molecular flexibility index (Phi) is 7.50. The molecule has 0 aliphatic rings. The molecule has 0 radical (unpaired) electrons. The van der Waals surface area contributed by atoms with Crippen molar-refractivity contribution in [1.29, 1.82) is 0 Å². The number of halogens is 2. The number of aromatic nitrogens is 2. The summed E-state index contributed by atoms with van der Waals surface area (Å²) < 4.78 is 18.1. The minimum atomic E-state index is -0.652. The number of nitrogens with one attached hydrogen (secondary N) is 2. The van der Waals surface area contributed by atoms with E-state index < -0.39 is 11.9 Å². The first-order valence-electron chi connectivity index (χ1n) is 7.25. The lowest BCUT2D eigenvalue weighted by atomic mass is 10.3. The van der Waals surface area contributed by atoms with Gasteiger partial charge in [-0.3, -0.25) is 15.5 Å². The van der Waals surface area contributed by atoms with Crippen molar-refractivity contribution in [1.82, 2.24) is 21.1 Å².